The van der Waals surface area contributed by atoms with Crippen molar-refractivity contribution in [2.75, 3.05) is 26.0 Å². The molecule has 2 rings (SSSR count). The Labute approximate surface area is 113 Å². The van der Waals surface area contributed by atoms with Gasteiger partial charge in [0.05, 0.1) is 6.61 Å². The van der Waals surface area contributed by atoms with Crippen LogP contribution in [0, 0.1) is 5.92 Å². The third kappa shape index (κ3) is 4.46. The van der Waals surface area contributed by atoms with E-state index in [-0.39, 0.29) is 0 Å². The molecule has 1 atom stereocenters. The van der Waals surface area contributed by atoms with Gasteiger partial charge in [-0.05, 0) is 50.9 Å². The molecule has 2 heterocycles. The minimum absolute atomic E-state index is 0.691. The van der Waals surface area contributed by atoms with Crippen molar-refractivity contribution in [1.29, 1.82) is 0 Å². The standard InChI is InChI=1S/C13H21N3OS/c1-18-13-15-8-6-12(16-13)17-9-3-5-11-4-2-7-14-10-11/h6,8,11,14H,2-5,7,9-10H2,1H3/t11-/m1/s1. The zero-order valence-electron chi connectivity index (χ0n) is 10.9. The summed E-state index contributed by atoms with van der Waals surface area (Å²) in [7, 11) is 0. The van der Waals surface area contributed by atoms with Crippen molar-refractivity contribution in [1.82, 2.24) is 15.3 Å². The van der Waals surface area contributed by atoms with E-state index >= 15 is 0 Å². The zero-order chi connectivity index (χ0) is 12.6. The Morgan fingerprint density at radius 3 is 3.28 bits per heavy atom. The van der Waals surface area contributed by atoms with E-state index < -0.39 is 0 Å². The highest BCUT2D eigenvalue weighted by atomic mass is 32.2. The molecule has 100 valence electrons. The Morgan fingerprint density at radius 1 is 1.56 bits per heavy atom. The largest absolute Gasteiger partial charge is 0.478 e. The van der Waals surface area contributed by atoms with E-state index in [1.54, 1.807) is 6.20 Å². The molecular formula is C13H21N3OS. The van der Waals surface area contributed by atoms with Crippen molar-refractivity contribution < 1.29 is 4.74 Å². The van der Waals surface area contributed by atoms with Crippen LogP contribution < -0.4 is 10.1 Å². The molecule has 1 N–H and O–H groups in total. The zero-order valence-corrected chi connectivity index (χ0v) is 11.7. The Balaban J connectivity index is 1.65. The van der Waals surface area contributed by atoms with E-state index in [9.17, 15) is 0 Å². The van der Waals surface area contributed by atoms with E-state index in [0.717, 1.165) is 24.1 Å². The second kappa shape index (κ2) is 7.59. The van der Waals surface area contributed by atoms with Crippen LogP contribution in [0.3, 0.4) is 0 Å². The molecule has 18 heavy (non-hydrogen) atoms. The van der Waals surface area contributed by atoms with Gasteiger partial charge < -0.3 is 10.1 Å². The molecule has 1 saturated heterocycles. The number of ether oxygens (including phenoxy) is 1. The highest BCUT2D eigenvalue weighted by molar-refractivity contribution is 7.98. The van der Waals surface area contributed by atoms with Crippen LogP contribution in [-0.4, -0.2) is 35.9 Å². The highest BCUT2D eigenvalue weighted by Crippen LogP contribution is 2.17. The van der Waals surface area contributed by atoms with Gasteiger partial charge in [0, 0.05) is 12.3 Å². The van der Waals surface area contributed by atoms with Crippen molar-refractivity contribution in [3.8, 4) is 5.88 Å². The van der Waals surface area contributed by atoms with Gasteiger partial charge in [0.25, 0.3) is 0 Å². The van der Waals surface area contributed by atoms with Gasteiger partial charge in [-0.15, -0.1) is 0 Å². The summed E-state index contributed by atoms with van der Waals surface area (Å²) in [6.07, 6.45) is 8.73. The average molecular weight is 267 g/mol. The predicted octanol–water partition coefficient (Wildman–Crippen LogP) is 2.36. The maximum absolute atomic E-state index is 5.65. The molecule has 0 spiro atoms. The topological polar surface area (TPSA) is 47.0 Å². The lowest BCUT2D eigenvalue weighted by Gasteiger charge is -2.22. The molecule has 0 radical (unpaired) electrons. The van der Waals surface area contributed by atoms with Gasteiger partial charge >= 0.3 is 0 Å². The van der Waals surface area contributed by atoms with E-state index in [0.29, 0.717) is 5.88 Å². The minimum Gasteiger partial charge on any atom is -0.478 e. The summed E-state index contributed by atoms with van der Waals surface area (Å²) in [5.41, 5.74) is 0. The van der Waals surface area contributed by atoms with Gasteiger partial charge in [-0.1, -0.05) is 11.8 Å². The number of rotatable bonds is 6. The lowest BCUT2D eigenvalue weighted by atomic mass is 9.95. The van der Waals surface area contributed by atoms with Crippen molar-refractivity contribution in [2.24, 2.45) is 5.92 Å². The van der Waals surface area contributed by atoms with E-state index in [2.05, 4.69) is 15.3 Å². The summed E-state index contributed by atoms with van der Waals surface area (Å²) < 4.78 is 5.65. The maximum Gasteiger partial charge on any atom is 0.217 e. The van der Waals surface area contributed by atoms with Crippen molar-refractivity contribution in [3.05, 3.63) is 12.3 Å². The number of piperidine rings is 1. The normalized spacial score (nSPS) is 19.7. The molecular weight excluding hydrogens is 246 g/mol. The van der Waals surface area contributed by atoms with Crippen LogP contribution in [0.1, 0.15) is 25.7 Å². The van der Waals surface area contributed by atoms with Gasteiger partial charge in [-0.3, -0.25) is 0 Å². The van der Waals surface area contributed by atoms with Crippen LogP contribution in [0.4, 0.5) is 0 Å². The first-order valence-corrected chi connectivity index (χ1v) is 7.81. The monoisotopic (exact) mass is 267 g/mol. The molecule has 0 bridgehead atoms. The van der Waals surface area contributed by atoms with Gasteiger partial charge in [0.1, 0.15) is 0 Å². The van der Waals surface area contributed by atoms with Crippen molar-refractivity contribution in [2.45, 2.75) is 30.8 Å². The summed E-state index contributed by atoms with van der Waals surface area (Å²) >= 11 is 1.53. The second-order valence-corrected chi connectivity index (χ2v) is 5.36. The third-order valence-electron chi connectivity index (χ3n) is 3.20. The second-order valence-electron chi connectivity index (χ2n) is 4.58. The van der Waals surface area contributed by atoms with Gasteiger partial charge in [0.15, 0.2) is 5.16 Å². The average Bonchev–Trinajstić information content (AvgIpc) is 2.45. The van der Waals surface area contributed by atoms with Gasteiger partial charge in [0.2, 0.25) is 5.88 Å². The predicted molar refractivity (Wildman–Crippen MR) is 74.1 cm³/mol. The molecule has 1 aromatic heterocycles. The van der Waals surface area contributed by atoms with Crippen LogP contribution >= 0.6 is 11.8 Å². The fourth-order valence-corrected chi connectivity index (χ4v) is 2.57. The number of aromatic nitrogens is 2. The van der Waals surface area contributed by atoms with Crippen LogP contribution in [0.5, 0.6) is 5.88 Å². The smallest absolute Gasteiger partial charge is 0.217 e. The van der Waals surface area contributed by atoms with Gasteiger partial charge in [-0.25, -0.2) is 4.98 Å². The number of hydrogen-bond acceptors (Lipinski definition) is 5. The van der Waals surface area contributed by atoms with E-state index in [1.807, 2.05) is 12.3 Å². The summed E-state index contributed by atoms with van der Waals surface area (Å²) in [5.74, 6) is 1.52. The molecule has 1 aliphatic rings. The maximum atomic E-state index is 5.65. The summed E-state index contributed by atoms with van der Waals surface area (Å²) in [5, 5.41) is 4.21. The Morgan fingerprint density at radius 2 is 2.50 bits per heavy atom. The number of hydrogen-bond donors (Lipinski definition) is 1. The summed E-state index contributed by atoms with van der Waals surface area (Å²) in [6, 6.07) is 1.82. The third-order valence-corrected chi connectivity index (χ3v) is 3.76. The van der Waals surface area contributed by atoms with Crippen LogP contribution in [0.15, 0.2) is 17.4 Å². The Kier molecular flexibility index (Phi) is 5.74. The van der Waals surface area contributed by atoms with Crippen molar-refractivity contribution in [3.63, 3.8) is 0 Å². The van der Waals surface area contributed by atoms with E-state index in [1.165, 1.54) is 44.1 Å². The molecule has 0 unspecified atom stereocenters. The van der Waals surface area contributed by atoms with Crippen LogP contribution in [0.25, 0.3) is 0 Å². The molecule has 1 fully saturated rings. The van der Waals surface area contributed by atoms with Crippen LogP contribution in [0.2, 0.25) is 0 Å². The fraction of sp³-hybridized carbons (Fsp3) is 0.692. The molecule has 0 saturated carbocycles. The lowest BCUT2D eigenvalue weighted by molar-refractivity contribution is 0.266. The molecule has 0 aromatic carbocycles. The van der Waals surface area contributed by atoms with Gasteiger partial charge in [-0.2, -0.15) is 4.98 Å². The van der Waals surface area contributed by atoms with Crippen molar-refractivity contribution >= 4 is 11.8 Å². The lowest BCUT2D eigenvalue weighted by Crippen LogP contribution is -2.29. The first-order valence-electron chi connectivity index (χ1n) is 6.59. The molecule has 0 amide bonds. The summed E-state index contributed by atoms with van der Waals surface area (Å²) in [4.78, 5) is 8.42. The molecule has 1 aromatic rings. The Hall–Kier alpha value is -0.810. The first-order chi connectivity index (χ1) is 8.88. The number of nitrogens with one attached hydrogen (secondary N) is 1. The highest BCUT2D eigenvalue weighted by Gasteiger charge is 2.12. The Bertz CT molecular complexity index is 356. The molecule has 0 aliphatic carbocycles. The first kappa shape index (κ1) is 13.6. The molecule has 5 heteroatoms. The quantitative estimate of drug-likeness (QED) is 0.487. The van der Waals surface area contributed by atoms with E-state index in [4.69, 9.17) is 4.74 Å². The molecule has 4 nitrogen and oxygen atoms in total. The SMILES string of the molecule is CSc1nccc(OCCC[C@H]2CCCNC2)n1. The number of nitrogens with zero attached hydrogens (tertiary/aromatic N) is 2. The fourth-order valence-electron chi connectivity index (χ4n) is 2.22. The van der Waals surface area contributed by atoms with Crippen LogP contribution in [-0.2, 0) is 0 Å². The summed E-state index contributed by atoms with van der Waals surface area (Å²) in [6.45, 7) is 3.11. The number of thioether (sulfide) groups is 1. The minimum atomic E-state index is 0.691. The molecule has 1 aliphatic heterocycles.